The molecule has 0 radical (unpaired) electrons. The van der Waals surface area contributed by atoms with Gasteiger partial charge in [-0.3, -0.25) is 18.8 Å². The molecule has 2 aliphatic carbocycles. The second-order valence-electron chi connectivity index (χ2n) is 16.2. The summed E-state index contributed by atoms with van der Waals surface area (Å²) in [5.41, 5.74) is 3.87. The molecule has 4 N–H and O–H groups in total. The Balaban J connectivity index is 1.42. The molecular weight excluding hydrogens is 850 g/mol. The number of rotatable bonds is 14. The average Bonchev–Trinajstić information content (AvgIpc) is 3.81. The molecule has 1 saturated carbocycles. The number of benzene rings is 3. The van der Waals surface area contributed by atoms with Crippen LogP contribution in [0.2, 0.25) is 5.02 Å². The highest BCUT2D eigenvalue weighted by atomic mass is 35.5. The van der Waals surface area contributed by atoms with Crippen LogP contribution in [0.4, 0.5) is 32.0 Å². The SMILES string of the molecule is CNc1c(-n2c(C(Cc3cc(F)cc(F)c3)NC(=O)Cn3nc(C(F)F)c4c3C(F)(F)[C@@H]3CC43)nc3cc(OCCC(C)(C)C)ccc3c2=O)ccc(Cl)c1C(N)=N[S+](C)[O-]. The van der Waals surface area contributed by atoms with E-state index in [4.69, 9.17) is 27.1 Å². The highest BCUT2D eigenvalue weighted by Gasteiger charge is 2.67. The molecule has 324 valence electrons. The molecule has 0 aliphatic heterocycles. The average molecular weight is 891 g/mol. The summed E-state index contributed by atoms with van der Waals surface area (Å²) in [7, 11) is 1.49. The predicted octanol–water partition coefficient (Wildman–Crippen LogP) is 7.62. The number of anilines is 1. The largest absolute Gasteiger partial charge is 0.591 e. The van der Waals surface area contributed by atoms with Gasteiger partial charge < -0.3 is 25.7 Å². The van der Waals surface area contributed by atoms with Crippen molar-refractivity contribution in [2.75, 3.05) is 25.2 Å². The van der Waals surface area contributed by atoms with E-state index in [0.29, 0.717) is 29.5 Å². The standard InChI is InChI=1S/C41H41ClF6N8O4S/c1-40(2,3)10-11-60-22-6-7-23-27(16-22)52-38(56(39(23)58)29-9-8-26(42)32(33(29)50-4)37(49)54-61(5)59)28(14-19-12-20(43)15-21(44)13-19)51-30(57)18-55-35-31(34(53-55)36(45)46)24-17-25(24)41(35,47)48/h6-9,12-13,15-16,24-25,28,36,50H,10-11,14,17-18H2,1-5H3,(H2,49,54)(H,51,57)/t24?,25-,28?,61?/m1/s1. The van der Waals surface area contributed by atoms with Gasteiger partial charge in [0.05, 0.1) is 56.9 Å². The van der Waals surface area contributed by atoms with Gasteiger partial charge in [0.25, 0.3) is 17.9 Å². The molecule has 0 spiro atoms. The lowest BCUT2D eigenvalue weighted by Gasteiger charge is -2.25. The van der Waals surface area contributed by atoms with Crippen LogP contribution in [0.3, 0.4) is 0 Å². The third-order valence-corrected chi connectivity index (χ3v) is 11.3. The molecule has 12 nitrogen and oxygen atoms in total. The number of amidine groups is 1. The maximum atomic E-state index is 15.5. The van der Waals surface area contributed by atoms with E-state index < -0.39 is 89.0 Å². The highest BCUT2D eigenvalue weighted by molar-refractivity contribution is 7.89. The molecule has 2 heterocycles. The summed E-state index contributed by atoms with van der Waals surface area (Å²) in [5.74, 6) is -8.64. The Bertz CT molecular complexity index is 2610. The van der Waals surface area contributed by atoms with Crippen LogP contribution in [0.5, 0.6) is 5.75 Å². The van der Waals surface area contributed by atoms with Crippen molar-refractivity contribution < 1.29 is 40.4 Å². The third-order valence-electron chi connectivity index (χ3n) is 10.6. The van der Waals surface area contributed by atoms with Gasteiger partial charge in [0.1, 0.15) is 47.4 Å². The van der Waals surface area contributed by atoms with Crippen molar-refractivity contribution in [1.29, 1.82) is 0 Å². The van der Waals surface area contributed by atoms with Gasteiger partial charge in [-0.25, -0.2) is 22.5 Å². The van der Waals surface area contributed by atoms with Gasteiger partial charge in [0, 0.05) is 37.1 Å². The van der Waals surface area contributed by atoms with Crippen LogP contribution in [0.15, 0.2) is 57.7 Å². The topological polar surface area (TPSA) is 165 Å². The van der Waals surface area contributed by atoms with Crippen LogP contribution in [0.1, 0.15) is 85.9 Å². The Hall–Kier alpha value is -5.27. The van der Waals surface area contributed by atoms with Gasteiger partial charge in [-0.15, -0.1) is 0 Å². The van der Waals surface area contributed by atoms with Crippen molar-refractivity contribution >= 4 is 51.3 Å². The van der Waals surface area contributed by atoms with Gasteiger partial charge in [-0.2, -0.15) is 13.9 Å². The van der Waals surface area contributed by atoms with Gasteiger partial charge in [0.2, 0.25) is 5.91 Å². The number of nitrogens with zero attached hydrogens (tertiary/aromatic N) is 5. The van der Waals surface area contributed by atoms with E-state index in [1.165, 1.54) is 37.6 Å². The molecule has 1 fully saturated rings. The first-order valence-electron chi connectivity index (χ1n) is 19.1. The summed E-state index contributed by atoms with van der Waals surface area (Å²) in [6.07, 6.45) is -1.66. The van der Waals surface area contributed by atoms with E-state index in [0.717, 1.165) is 16.7 Å². The number of nitrogens with one attached hydrogen (secondary N) is 2. The van der Waals surface area contributed by atoms with Crippen molar-refractivity contribution in [3.05, 3.63) is 109 Å². The zero-order valence-corrected chi connectivity index (χ0v) is 35.0. The third kappa shape index (κ3) is 8.77. The molecule has 0 saturated heterocycles. The number of ether oxygens (including phenoxy) is 1. The number of nitrogens with two attached hydrogens (primary N) is 1. The maximum Gasteiger partial charge on any atom is 0.293 e. The molecule has 20 heteroatoms. The van der Waals surface area contributed by atoms with E-state index in [1.54, 1.807) is 6.07 Å². The fourth-order valence-corrected chi connectivity index (χ4v) is 8.40. The first kappa shape index (κ1) is 43.8. The Labute approximate surface area is 353 Å². The lowest BCUT2D eigenvalue weighted by molar-refractivity contribution is -0.123. The molecular formula is C41H41ClF6N8O4S. The molecule has 4 atom stereocenters. The van der Waals surface area contributed by atoms with Crippen LogP contribution in [-0.2, 0) is 35.0 Å². The van der Waals surface area contributed by atoms with Gasteiger partial charge in [-0.05, 0) is 70.5 Å². The Morgan fingerprint density at radius 3 is 2.49 bits per heavy atom. The number of carbonyl (C=O) groups excluding carboxylic acids is 1. The second-order valence-corrected chi connectivity index (χ2v) is 17.6. The molecule has 0 bridgehead atoms. The summed E-state index contributed by atoms with van der Waals surface area (Å²) in [6.45, 7) is 5.48. The summed E-state index contributed by atoms with van der Waals surface area (Å²) in [5, 5.41) is 9.48. The Morgan fingerprint density at radius 1 is 1.15 bits per heavy atom. The molecule has 1 amide bonds. The second kappa shape index (κ2) is 16.5. The number of carbonyl (C=O) groups is 1. The minimum Gasteiger partial charge on any atom is -0.591 e. The van der Waals surface area contributed by atoms with E-state index in [-0.39, 0.29) is 67.5 Å². The minimum atomic E-state index is -3.53. The summed E-state index contributed by atoms with van der Waals surface area (Å²) in [4.78, 5) is 33.8. The summed E-state index contributed by atoms with van der Waals surface area (Å²) in [6, 6.07) is 8.54. The van der Waals surface area contributed by atoms with Gasteiger partial charge in [-0.1, -0.05) is 32.4 Å². The van der Waals surface area contributed by atoms with Gasteiger partial charge >= 0.3 is 0 Å². The fraction of sp³-hybridized carbons (Fsp3) is 0.390. The smallest absolute Gasteiger partial charge is 0.293 e. The number of aromatic nitrogens is 4. The molecule has 3 aromatic carbocycles. The van der Waals surface area contributed by atoms with Crippen molar-refractivity contribution in [2.45, 2.75) is 70.9 Å². The van der Waals surface area contributed by atoms with Crippen LogP contribution < -0.4 is 26.7 Å². The summed E-state index contributed by atoms with van der Waals surface area (Å²) < 4.78 is 112. The van der Waals surface area contributed by atoms with E-state index in [2.05, 4.69) is 20.1 Å². The fourth-order valence-electron chi connectivity index (χ4n) is 7.78. The first-order valence-corrected chi connectivity index (χ1v) is 21.0. The number of alkyl halides is 4. The highest BCUT2D eigenvalue weighted by Crippen LogP contribution is 2.68. The number of amides is 1. The maximum absolute atomic E-state index is 15.5. The Kier molecular flexibility index (Phi) is 11.9. The van der Waals surface area contributed by atoms with Gasteiger partial charge in [0.15, 0.2) is 5.84 Å². The summed E-state index contributed by atoms with van der Waals surface area (Å²) >= 11 is 4.81. The van der Waals surface area contributed by atoms with Crippen LogP contribution in [0, 0.1) is 23.0 Å². The number of fused-ring (bicyclic) bond motifs is 4. The van der Waals surface area contributed by atoms with Crippen LogP contribution in [0.25, 0.3) is 16.6 Å². The molecule has 2 aromatic heterocycles. The van der Waals surface area contributed by atoms with Crippen molar-refractivity contribution in [3.8, 4) is 11.4 Å². The van der Waals surface area contributed by atoms with E-state index in [9.17, 15) is 31.7 Å². The van der Waals surface area contributed by atoms with Crippen molar-refractivity contribution in [1.82, 2.24) is 24.6 Å². The van der Waals surface area contributed by atoms with E-state index >= 15 is 8.78 Å². The molecule has 61 heavy (non-hydrogen) atoms. The van der Waals surface area contributed by atoms with Crippen LogP contribution >= 0.6 is 11.6 Å². The number of hydrogen-bond donors (Lipinski definition) is 3. The Morgan fingerprint density at radius 2 is 1.85 bits per heavy atom. The zero-order chi connectivity index (χ0) is 44.3. The molecule has 3 unspecified atom stereocenters. The molecule has 2 aliphatic rings. The quantitative estimate of drug-likeness (QED) is 0.0444. The van der Waals surface area contributed by atoms with E-state index in [1.807, 2.05) is 20.8 Å². The lowest BCUT2D eigenvalue weighted by Crippen LogP contribution is -2.38. The predicted molar refractivity (Wildman–Crippen MR) is 219 cm³/mol. The monoisotopic (exact) mass is 890 g/mol. The zero-order valence-electron chi connectivity index (χ0n) is 33.5. The normalized spacial score (nSPS) is 17.9. The van der Waals surface area contributed by atoms with Crippen LogP contribution in [-0.4, -0.2) is 55.5 Å². The number of hydrogen-bond acceptors (Lipinski definition) is 8. The molecule has 7 rings (SSSR count). The molecule has 5 aromatic rings. The first-order chi connectivity index (χ1) is 28.7. The number of halogens is 7. The van der Waals surface area contributed by atoms with Crippen molar-refractivity contribution in [2.24, 2.45) is 21.5 Å². The van der Waals surface area contributed by atoms with Crippen molar-refractivity contribution in [3.63, 3.8) is 0 Å². The minimum absolute atomic E-state index is 0.00715. The lowest BCUT2D eigenvalue weighted by atomic mass is 9.93.